The number of ether oxygens (including phenoxy) is 6. The van der Waals surface area contributed by atoms with Crippen molar-refractivity contribution in [3.05, 3.63) is 96.1 Å². The average Bonchev–Trinajstić information content (AvgIpc) is 3.31. The lowest BCUT2D eigenvalue weighted by molar-refractivity contribution is -0.139. The van der Waals surface area contributed by atoms with Crippen LogP contribution in [0.4, 0.5) is 0 Å². The number of carbonyl (C=O) groups is 4. The highest BCUT2D eigenvalue weighted by atomic mass is 16.5. The molecule has 2 rings (SSSR count). The van der Waals surface area contributed by atoms with Crippen molar-refractivity contribution in [3.63, 3.8) is 0 Å². The maximum atomic E-state index is 12.0. The van der Waals surface area contributed by atoms with Crippen molar-refractivity contribution in [3.8, 4) is 11.5 Å². The molecule has 0 radical (unpaired) electrons. The SMILES string of the molecule is C=C(C)C(=O)OCCCCCCOc1ccc(/C=C/C(=O)OC)cc1.C=C(C)C(=O)OCCCCCCOc1ccc(/C=C/C(=O)OCCCCCCCCCCCCCCCC)cc1. The maximum Gasteiger partial charge on any atom is 0.333 e. The Morgan fingerprint density at radius 3 is 1.08 bits per heavy atom. The Morgan fingerprint density at radius 1 is 0.431 bits per heavy atom. The first kappa shape index (κ1) is 57.9. The van der Waals surface area contributed by atoms with E-state index in [4.69, 9.17) is 23.7 Å². The molecule has 0 N–H and O–H groups in total. The van der Waals surface area contributed by atoms with Crippen LogP contribution < -0.4 is 9.47 Å². The van der Waals surface area contributed by atoms with Gasteiger partial charge in [-0.1, -0.05) is 128 Å². The van der Waals surface area contributed by atoms with Crippen LogP contribution in [0.2, 0.25) is 0 Å². The highest BCUT2D eigenvalue weighted by Crippen LogP contribution is 2.17. The van der Waals surface area contributed by atoms with E-state index in [1.165, 1.54) is 96.3 Å². The maximum absolute atomic E-state index is 12.0. The van der Waals surface area contributed by atoms with Crippen LogP contribution >= 0.6 is 0 Å². The van der Waals surface area contributed by atoms with E-state index in [2.05, 4.69) is 24.8 Å². The minimum atomic E-state index is -0.380. The topological polar surface area (TPSA) is 124 Å². The van der Waals surface area contributed by atoms with E-state index in [9.17, 15) is 19.2 Å². The molecule has 0 aromatic heterocycles. The van der Waals surface area contributed by atoms with Gasteiger partial charge in [0.2, 0.25) is 0 Å². The summed E-state index contributed by atoms with van der Waals surface area (Å²) in [6.07, 6.45) is 32.4. The van der Waals surface area contributed by atoms with Gasteiger partial charge >= 0.3 is 23.9 Å². The molecular weight excluding hydrogens is 821 g/mol. The van der Waals surface area contributed by atoms with Crippen molar-refractivity contribution in [2.24, 2.45) is 0 Å². The quantitative estimate of drug-likeness (QED) is 0.0280. The van der Waals surface area contributed by atoms with Gasteiger partial charge < -0.3 is 28.4 Å². The molecule has 0 heterocycles. The summed E-state index contributed by atoms with van der Waals surface area (Å²) in [5.74, 6) is 0.296. The minimum Gasteiger partial charge on any atom is -0.494 e. The normalized spacial score (nSPS) is 10.8. The first-order chi connectivity index (χ1) is 31.5. The Labute approximate surface area is 392 Å². The zero-order chi connectivity index (χ0) is 47.6. The third kappa shape index (κ3) is 34.9. The molecule has 0 saturated heterocycles. The molecule has 10 nitrogen and oxygen atoms in total. The van der Waals surface area contributed by atoms with Crippen LogP contribution in [0.3, 0.4) is 0 Å². The number of hydrogen-bond acceptors (Lipinski definition) is 10. The van der Waals surface area contributed by atoms with Gasteiger partial charge in [-0.3, -0.25) is 0 Å². The van der Waals surface area contributed by atoms with Gasteiger partial charge in [0.1, 0.15) is 11.5 Å². The van der Waals surface area contributed by atoms with Gasteiger partial charge in [0.15, 0.2) is 0 Å². The van der Waals surface area contributed by atoms with E-state index in [0.29, 0.717) is 44.2 Å². The summed E-state index contributed by atoms with van der Waals surface area (Å²) in [5, 5.41) is 0. The molecule has 0 aliphatic rings. The predicted octanol–water partition coefficient (Wildman–Crippen LogP) is 13.7. The van der Waals surface area contributed by atoms with Crippen molar-refractivity contribution in [2.75, 3.05) is 40.1 Å². The molecule has 362 valence electrons. The number of carbonyl (C=O) groups excluding carboxylic acids is 4. The monoisotopic (exact) mass is 903 g/mol. The molecule has 65 heavy (non-hydrogen) atoms. The molecule has 0 atom stereocenters. The second-order valence-electron chi connectivity index (χ2n) is 16.4. The molecule has 0 bridgehead atoms. The highest BCUT2D eigenvalue weighted by molar-refractivity contribution is 5.88. The lowest BCUT2D eigenvalue weighted by Crippen LogP contribution is -2.06. The number of rotatable bonds is 37. The zero-order valence-electron chi connectivity index (χ0n) is 40.5. The number of hydrogen-bond donors (Lipinski definition) is 0. The lowest BCUT2D eigenvalue weighted by Gasteiger charge is -2.07. The molecule has 10 heteroatoms. The van der Waals surface area contributed by atoms with Gasteiger partial charge in [-0.2, -0.15) is 0 Å². The van der Waals surface area contributed by atoms with E-state index in [-0.39, 0.29) is 23.9 Å². The Bertz CT molecular complexity index is 1640. The van der Waals surface area contributed by atoms with Crippen LogP contribution in [0.1, 0.15) is 173 Å². The molecule has 0 aliphatic heterocycles. The van der Waals surface area contributed by atoms with Gasteiger partial charge in [-0.15, -0.1) is 0 Å². The molecule has 0 spiro atoms. The van der Waals surface area contributed by atoms with Crippen molar-refractivity contribution < 1.29 is 47.6 Å². The lowest BCUT2D eigenvalue weighted by atomic mass is 10.0. The zero-order valence-corrected chi connectivity index (χ0v) is 40.5. The fraction of sp³-hybridized carbons (Fsp3) is 0.564. The van der Waals surface area contributed by atoms with E-state index in [1.807, 2.05) is 48.5 Å². The van der Waals surface area contributed by atoms with Gasteiger partial charge in [-0.05, 0) is 119 Å². The van der Waals surface area contributed by atoms with E-state index in [1.54, 1.807) is 26.0 Å². The van der Waals surface area contributed by atoms with Crippen LogP contribution in [-0.2, 0) is 38.1 Å². The third-order valence-corrected chi connectivity index (χ3v) is 10.3. The van der Waals surface area contributed by atoms with Crippen LogP contribution in [0, 0.1) is 0 Å². The summed E-state index contributed by atoms with van der Waals surface area (Å²) in [6.45, 7) is 15.3. The minimum absolute atomic E-state index is 0.288. The fourth-order valence-electron chi connectivity index (χ4n) is 6.34. The van der Waals surface area contributed by atoms with Crippen molar-refractivity contribution in [2.45, 2.75) is 162 Å². The van der Waals surface area contributed by atoms with Gasteiger partial charge in [0.25, 0.3) is 0 Å². The average molecular weight is 903 g/mol. The molecule has 0 fully saturated rings. The highest BCUT2D eigenvalue weighted by Gasteiger charge is 2.04. The number of benzene rings is 2. The second-order valence-corrected chi connectivity index (χ2v) is 16.4. The molecular formula is C55H82O10. The van der Waals surface area contributed by atoms with Gasteiger partial charge in [0, 0.05) is 23.3 Å². The largest absolute Gasteiger partial charge is 0.494 e. The van der Waals surface area contributed by atoms with Gasteiger partial charge in [0.05, 0.1) is 40.1 Å². The summed E-state index contributed by atoms with van der Waals surface area (Å²) >= 11 is 0. The van der Waals surface area contributed by atoms with Crippen molar-refractivity contribution >= 4 is 36.0 Å². The number of methoxy groups -OCH3 is 1. The summed E-state index contributed by atoms with van der Waals surface area (Å²) in [7, 11) is 1.35. The van der Waals surface area contributed by atoms with Gasteiger partial charge in [-0.25, -0.2) is 19.2 Å². The third-order valence-electron chi connectivity index (χ3n) is 10.3. The Balaban J connectivity index is 0.000000723. The number of unbranched alkanes of at least 4 members (excludes halogenated alkanes) is 19. The predicted molar refractivity (Wildman–Crippen MR) is 264 cm³/mol. The summed E-state index contributed by atoms with van der Waals surface area (Å²) < 4.78 is 31.4. The summed E-state index contributed by atoms with van der Waals surface area (Å²) in [6, 6.07) is 15.2. The smallest absolute Gasteiger partial charge is 0.333 e. The van der Waals surface area contributed by atoms with Crippen molar-refractivity contribution in [1.82, 2.24) is 0 Å². The Morgan fingerprint density at radius 2 is 0.738 bits per heavy atom. The van der Waals surface area contributed by atoms with Crippen LogP contribution in [0.15, 0.2) is 85.0 Å². The molecule has 0 unspecified atom stereocenters. The summed E-state index contributed by atoms with van der Waals surface area (Å²) in [5.41, 5.74) is 2.71. The van der Waals surface area contributed by atoms with Crippen LogP contribution in [-0.4, -0.2) is 64.0 Å². The van der Waals surface area contributed by atoms with E-state index >= 15 is 0 Å². The second kappa shape index (κ2) is 40.4. The standard InChI is InChI=1S/C35H56O5.C20H26O5/c1-4-5-6-7-8-9-10-11-12-13-14-15-16-20-29-39-34(36)27-24-32-22-25-33(26-23-32)38-28-19-17-18-21-30-40-35(37)31(2)3;1-16(2)20(22)25-15-7-5-4-6-14-24-18-11-8-17(9-12-18)10-13-19(21)23-3/h22-27H,2,4-21,28-30H2,1,3H3;8-13H,1,4-7,14-15H2,2-3H3/b27-24+;13-10+. The first-order valence-corrected chi connectivity index (χ1v) is 24.3. The van der Waals surface area contributed by atoms with Crippen molar-refractivity contribution in [1.29, 1.82) is 0 Å². The summed E-state index contributed by atoms with van der Waals surface area (Å²) in [4.78, 5) is 45.5. The molecule has 0 aliphatic carbocycles. The van der Waals surface area contributed by atoms with E-state index in [0.717, 1.165) is 86.8 Å². The molecule has 2 aromatic carbocycles. The van der Waals surface area contributed by atoms with E-state index < -0.39 is 0 Å². The molecule has 0 amide bonds. The molecule has 2 aromatic rings. The first-order valence-electron chi connectivity index (χ1n) is 24.3. The molecule has 0 saturated carbocycles. The van der Waals surface area contributed by atoms with Crippen LogP contribution in [0.25, 0.3) is 12.2 Å². The Kier molecular flexibility index (Phi) is 36.0. The van der Waals surface area contributed by atoms with Crippen LogP contribution in [0.5, 0.6) is 11.5 Å². The fourth-order valence-corrected chi connectivity index (χ4v) is 6.34. The Hall–Kier alpha value is -5.12. The number of esters is 4.